The summed E-state index contributed by atoms with van der Waals surface area (Å²) >= 11 is 0. The second kappa shape index (κ2) is 6.40. The number of rotatable bonds is 4. The van der Waals surface area contributed by atoms with Crippen molar-refractivity contribution in [2.24, 2.45) is 7.05 Å². The van der Waals surface area contributed by atoms with Crippen LogP contribution >= 0.6 is 0 Å². The molecule has 3 heterocycles. The standard InChI is InChI=1S/C19H25N5/c1-15-11-20-24(12-15)13-16-7-5-6-10-23(16)14-19-21-17-8-3-4-9-18(17)22(19)2/h3-4,8-9,11-12,16H,5-7,10,13-14H2,1-2H3/t16-/m1/s1. The molecule has 1 aliphatic heterocycles. The first-order valence-corrected chi connectivity index (χ1v) is 8.84. The third-order valence-electron chi connectivity index (χ3n) is 5.13. The van der Waals surface area contributed by atoms with Gasteiger partial charge in [-0.25, -0.2) is 4.98 Å². The van der Waals surface area contributed by atoms with Crippen molar-refractivity contribution in [3.63, 3.8) is 0 Å². The van der Waals surface area contributed by atoms with Gasteiger partial charge >= 0.3 is 0 Å². The maximum absolute atomic E-state index is 4.85. The molecule has 0 saturated carbocycles. The van der Waals surface area contributed by atoms with Crippen LogP contribution in [-0.2, 0) is 20.1 Å². The first-order valence-electron chi connectivity index (χ1n) is 8.84. The summed E-state index contributed by atoms with van der Waals surface area (Å²) in [5.41, 5.74) is 3.53. The van der Waals surface area contributed by atoms with Gasteiger partial charge in [0.15, 0.2) is 0 Å². The van der Waals surface area contributed by atoms with E-state index in [1.807, 2.05) is 6.20 Å². The van der Waals surface area contributed by atoms with Crippen molar-refractivity contribution in [3.8, 4) is 0 Å². The van der Waals surface area contributed by atoms with E-state index in [-0.39, 0.29) is 0 Å². The Kier molecular flexibility index (Phi) is 4.10. The second-order valence-corrected chi connectivity index (χ2v) is 6.94. The quantitative estimate of drug-likeness (QED) is 0.740. The minimum absolute atomic E-state index is 0.540. The van der Waals surface area contributed by atoms with Gasteiger partial charge in [0.05, 0.1) is 30.3 Å². The van der Waals surface area contributed by atoms with Gasteiger partial charge in [0, 0.05) is 19.3 Å². The zero-order chi connectivity index (χ0) is 16.5. The molecule has 24 heavy (non-hydrogen) atoms. The number of para-hydroxylation sites is 2. The highest BCUT2D eigenvalue weighted by Gasteiger charge is 2.24. The van der Waals surface area contributed by atoms with Gasteiger partial charge in [-0.1, -0.05) is 18.6 Å². The Labute approximate surface area is 142 Å². The predicted molar refractivity (Wildman–Crippen MR) is 95.7 cm³/mol. The minimum atomic E-state index is 0.540. The number of aromatic nitrogens is 4. The fourth-order valence-corrected chi connectivity index (χ4v) is 3.78. The summed E-state index contributed by atoms with van der Waals surface area (Å²) in [7, 11) is 2.13. The Hall–Kier alpha value is -2.14. The molecule has 5 heteroatoms. The van der Waals surface area contributed by atoms with Crippen LogP contribution in [-0.4, -0.2) is 36.8 Å². The summed E-state index contributed by atoms with van der Waals surface area (Å²) in [5.74, 6) is 1.15. The molecule has 0 unspecified atom stereocenters. The minimum Gasteiger partial charge on any atom is -0.330 e. The zero-order valence-corrected chi connectivity index (χ0v) is 14.5. The Balaban J connectivity index is 1.55. The fraction of sp³-hybridized carbons (Fsp3) is 0.474. The van der Waals surface area contributed by atoms with E-state index in [1.54, 1.807) is 0 Å². The van der Waals surface area contributed by atoms with Gasteiger partial charge in [-0.2, -0.15) is 5.10 Å². The molecule has 126 valence electrons. The lowest BCUT2D eigenvalue weighted by molar-refractivity contribution is 0.118. The second-order valence-electron chi connectivity index (χ2n) is 6.94. The monoisotopic (exact) mass is 323 g/mol. The van der Waals surface area contributed by atoms with Crippen LogP contribution < -0.4 is 0 Å². The molecule has 0 aliphatic carbocycles. The largest absolute Gasteiger partial charge is 0.330 e. The topological polar surface area (TPSA) is 38.9 Å². The van der Waals surface area contributed by atoms with Crippen molar-refractivity contribution < 1.29 is 0 Å². The first-order chi connectivity index (χ1) is 11.7. The Morgan fingerprint density at radius 1 is 1.21 bits per heavy atom. The third kappa shape index (κ3) is 2.96. The lowest BCUT2D eigenvalue weighted by Gasteiger charge is -2.35. The molecule has 0 bridgehead atoms. The van der Waals surface area contributed by atoms with Crippen molar-refractivity contribution in [1.82, 2.24) is 24.2 Å². The average Bonchev–Trinajstić information content (AvgIpc) is 3.14. The fourth-order valence-electron chi connectivity index (χ4n) is 3.78. The molecule has 4 rings (SSSR count). The average molecular weight is 323 g/mol. The summed E-state index contributed by atoms with van der Waals surface area (Å²) < 4.78 is 4.33. The van der Waals surface area contributed by atoms with E-state index < -0.39 is 0 Å². The maximum atomic E-state index is 4.85. The molecule has 2 aromatic heterocycles. The zero-order valence-electron chi connectivity index (χ0n) is 14.5. The number of hydrogen-bond acceptors (Lipinski definition) is 3. The van der Waals surface area contributed by atoms with Gasteiger partial charge < -0.3 is 4.57 Å². The lowest BCUT2D eigenvalue weighted by atomic mass is 10.0. The molecular formula is C19H25N5. The van der Waals surface area contributed by atoms with Crippen LogP contribution in [0.5, 0.6) is 0 Å². The Morgan fingerprint density at radius 2 is 2.08 bits per heavy atom. The molecular weight excluding hydrogens is 298 g/mol. The van der Waals surface area contributed by atoms with Gasteiger partial charge in [-0.05, 0) is 44.0 Å². The summed E-state index contributed by atoms with van der Waals surface area (Å²) in [6.45, 7) is 5.13. The number of imidazole rings is 1. The van der Waals surface area contributed by atoms with Crippen molar-refractivity contribution >= 4 is 11.0 Å². The van der Waals surface area contributed by atoms with E-state index in [0.717, 1.165) is 31.0 Å². The Morgan fingerprint density at radius 3 is 2.88 bits per heavy atom. The summed E-state index contributed by atoms with van der Waals surface area (Å²) in [6, 6.07) is 8.92. The number of likely N-dealkylation sites (tertiary alicyclic amines) is 1. The van der Waals surface area contributed by atoms with Crippen LogP contribution in [0.25, 0.3) is 11.0 Å². The van der Waals surface area contributed by atoms with E-state index in [9.17, 15) is 0 Å². The van der Waals surface area contributed by atoms with Gasteiger partial charge in [-0.15, -0.1) is 0 Å². The number of piperidine rings is 1. The molecule has 0 radical (unpaired) electrons. The molecule has 5 nitrogen and oxygen atoms in total. The summed E-state index contributed by atoms with van der Waals surface area (Å²) in [5, 5.41) is 4.47. The highest BCUT2D eigenvalue weighted by Crippen LogP contribution is 2.22. The van der Waals surface area contributed by atoms with Gasteiger partial charge in [0.1, 0.15) is 5.82 Å². The van der Waals surface area contributed by atoms with Crippen molar-refractivity contribution in [2.45, 2.75) is 45.3 Å². The molecule has 1 fully saturated rings. The predicted octanol–water partition coefficient (Wildman–Crippen LogP) is 3.13. The number of aryl methyl sites for hydroxylation is 2. The van der Waals surface area contributed by atoms with Crippen LogP contribution in [0.4, 0.5) is 0 Å². The molecule has 1 atom stereocenters. The number of fused-ring (bicyclic) bond motifs is 1. The van der Waals surface area contributed by atoms with E-state index in [4.69, 9.17) is 4.98 Å². The lowest BCUT2D eigenvalue weighted by Crippen LogP contribution is -2.42. The van der Waals surface area contributed by atoms with Crippen LogP contribution in [0.3, 0.4) is 0 Å². The number of nitrogens with zero attached hydrogens (tertiary/aromatic N) is 5. The van der Waals surface area contributed by atoms with Crippen molar-refractivity contribution in [1.29, 1.82) is 0 Å². The molecule has 0 N–H and O–H groups in total. The third-order valence-corrected chi connectivity index (χ3v) is 5.13. The van der Waals surface area contributed by atoms with Crippen molar-refractivity contribution in [3.05, 3.63) is 48.0 Å². The molecule has 0 amide bonds. The Bertz CT molecular complexity index is 831. The highest BCUT2D eigenvalue weighted by atomic mass is 15.3. The molecule has 1 aliphatic rings. The summed E-state index contributed by atoms with van der Waals surface area (Å²) in [4.78, 5) is 7.44. The van der Waals surface area contributed by atoms with E-state index in [2.05, 4.69) is 63.7 Å². The number of hydrogen-bond donors (Lipinski definition) is 0. The number of benzene rings is 1. The molecule has 1 aromatic carbocycles. The maximum Gasteiger partial charge on any atom is 0.123 e. The normalized spacial score (nSPS) is 19.2. The first kappa shape index (κ1) is 15.4. The smallest absolute Gasteiger partial charge is 0.123 e. The summed E-state index contributed by atoms with van der Waals surface area (Å²) in [6.07, 6.45) is 7.91. The van der Waals surface area contributed by atoms with E-state index >= 15 is 0 Å². The highest BCUT2D eigenvalue weighted by molar-refractivity contribution is 5.75. The molecule has 3 aromatic rings. The van der Waals surface area contributed by atoms with Crippen LogP contribution in [0.15, 0.2) is 36.7 Å². The van der Waals surface area contributed by atoms with Crippen molar-refractivity contribution in [2.75, 3.05) is 6.54 Å². The van der Waals surface area contributed by atoms with Gasteiger partial charge in [-0.3, -0.25) is 9.58 Å². The van der Waals surface area contributed by atoms with Gasteiger partial charge in [0.25, 0.3) is 0 Å². The van der Waals surface area contributed by atoms with E-state index in [1.165, 1.54) is 30.3 Å². The van der Waals surface area contributed by atoms with Crippen LogP contribution in [0.2, 0.25) is 0 Å². The molecule has 0 spiro atoms. The van der Waals surface area contributed by atoms with Crippen LogP contribution in [0.1, 0.15) is 30.7 Å². The molecule has 1 saturated heterocycles. The SMILES string of the molecule is Cc1cnn(C[C@H]2CCCCN2Cc2nc3ccccc3n2C)c1. The van der Waals surface area contributed by atoms with E-state index in [0.29, 0.717) is 6.04 Å². The van der Waals surface area contributed by atoms with Gasteiger partial charge in [0.2, 0.25) is 0 Å². The van der Waals surface area contributed by atoms with Crippen LogP contribution in [0, 0.1) is 6.92 Å².